The zero-order valence-electron chi connectivity index (χ0n) is 15.4. The van der Waals surface area contributed by atoms with Crippen LogP contribution in [-0.2, 0) is 14.3 Å². The SMILES string of the molecule is C/C=C/C=C/C(=O)CC(CCO)OCC[C@H](O)CC(=O)CC/C=C/C. The number of rotatable bonds is 15. The number of carbonyl (C=O) groups is 2. The van der Waals surface area contributed by atoms with Gasteiger partial charge in [-0.15, -0.1) is 0 Å². The molecule has 2 atom stereocenters. The standard InChI is InChI=1S/C20H32O5/c1-3-5-7-9-17(22)15-19(24)12-14-25-20(11-13-21)16-18(23)10-8-6-4-2/h3-6,8,10,19-21,24H,7,9,11-16H2,1-2H3/b5-3+,6-4+,10-8+/t19-,20?/m0/s1. The highest BCUT2D eigenvalue weighted by molar-refractivity contribution is 5.90. The highest BCUT2D eigenvalue weighted by atomic mass is 16.5. The van der Waals surface area contributed by atoms with Gasteiger partial charge in [0.1, 0.15) is 5.78 Å². The monoisotopic (exact) mass is 352 g/mol. The van der Waals surface area contributed by atoms with E-state index in [1.54, 1.807) is 12.2 Å². The smallest absolute Gasteiger partial charge is 0.158 e. The Bertz CT molecular complexity index is 451. The summed E-state index contributed by atoms with van der Waals surface area (Å²) in [7, 11) is 0. The lowest BCUT2D eigenvalue weighted by Gasteiger charge is -2.17. The molecule has 1 unspecified atom stereocenters. The van der Waals surface area contributed by atoms with E-state index in [-0.39, 0.29) is 43.7 Å². The van der Waals surface area contributed by atoms with Crippen molar-refractivity contribution in [2.45, 2.75) is 64.6 Å². The van der Waals surface area contributed by atoms with E-state index in [1.807, 2.05) is 32.1 Å². The molecule has 0 aliphatic carbocycles. The van der Waals surface area contributed by atoms with Gasteiger partial charge in [-0.1, -0.05) is 30.4 Å². The third-order valence-electron chi connectivity index (χ3n) is 3.56. The van der Waals surface area contributed by atoms with Crippen LogP contribution in [0.4, 0.5) is 0 Å². The molecule has 2 N–H and O–H groups in total. The van der Waals surface area contributed by atoms with E-state index in [4.69, 9.17) is 9.84 Å². The average Bonchev–Trinajstić information content (AvgIpc) is 2.55. The van der Waals surface area contributed by atoms with Crippen molar-refractivity contribution >= 4 is 11.6 Å². The van der Waals surface area contributed by atoms with Crippen molar-refractivity contribution in [2.24, 2.45) is 0 Å². The van der Waals surface area contributed by atoms with Gasteiger partial charge in [0.05, 0.1) is 12.2 Å². The number of ether oxygens (including phenoxy) is 1. The maximum Gasteiger partial charge on any atom is 0.158 e. The molecule has 0 spiro atoms. The quantitative estimate of drug-likeness (QED) is 0.269. The Hall–Kier alpha value is -1.56. The Kier molecular flexibility index (Phi) is 14.9. The van der Waals surface area contributed by atoms with Gasteiger partial charge in [0, 0.05) is 32.5 Å². The Labute approximate surface area is 151 Å². The summed E-state index contributed by atoms with van der Waals surface area (Å²) in [5.41, 5.74) is 0. The first-order valence-electron chi connectivity index (χ1n) is 8.89. The van der Waals surface area contributed by atoms with Crippen molar-refractivity contribution in [2.75, 3.05) is 13.2 Å². The van der Waals surface area contributed by atoms with Gasteiger partial charge in [-0.2, -0.15) is 0 Å². The molecule has 0 heterocycles. The molecule has 0 rings (SSSR count). The van der Waals surface area contributed by atoms with Crippen LogP contribution >= 0.6 is 0 Å². The van der Waals surface area contributed by atoms with Crippen LogP contribution in [0.5, 0.6) is 0 Å². The molecule has 25 heavy (non-hydrogen) atoms. The number of aliphatic hydroxyl groups excluding tert-OH is 2. The van der Waals surface area contributed by atoms with Gasteiger partial charge in [0.25, 0.3) is 0 Å². The number of Topliss-reactive ketones (excluding diaryl/α,β-unsaturated/α-hetero) is 1. The molecule has 5 nitrogen and oxygen atoms in total. The van der Waals surface area contributed by atoms with E-state index in [1.165, 1.54) is 6.08 Å². The van der Waals surface area contributed by atoms with Crippen LogP contribution < -0.4 is 0 Å². The molecule has 0 aliphatic rings. The molecule has 0 aromatic carbocycles. The van der Waals surface area contributed by atoms with E-state index in [9.17, 15) is 14.7 Å². The molecule has 0 saturated heterocycles. The van der Waals surface area contributed by atoms with Crippen LogP contribution in [0.1, 0.15) is 52.4 Å². The zero-order chi connectivity index (χ0) is 18.9. The predicted octanol–water partition coefficient (Wildman–Crippen LogP) is 2.91. The molecule has 0 amide bonds. The molecule has 5 heteroatoms. The Balaban J connectivity index is 4.12. The van der Waals surface area contributed by atoms with E-state index in [0.717, 1.165) is 0 Å². The maximum absolute atomic E-state index is 11.8. The second-order valence-corrected chi connectivity index (χ2v) is 5.85. The lowest BCUT2D eigenvalue weighted by Crippen LogP contribution is -2.22. The fourth-order valence-electron chi connectivity index (χ4n) is 2.20. The fraction of sp³-hybridized carbons (Fsp3) is 0.600. The molecular formula is C20H32O5. The summed E-state index contributed by atoms with van der Waals surface area (Å²) < 4.78 is 5.60. The summed E-state index contributed by atoms with van der Waals surface area (Å²) in [5.74, 6) is -0.0435. The molecule has 0 bridgehead atoms. The van der Waals surface area contributed by atoms with Gasteiger partial charge in [-0.05, 0) is 39.2 Å². The number of aliphatic hydroxyl groups is 2. The number of hydrogen-bond donors (Lipinski definition) is 2. The number of hydrogen-bond acceptors (Lipinski definition) is 5. The van der Waals surface area contributed by atoms with Crippen molar-refractivity contribution in [3.8, 4) is 0 Å². The van der Waals surface area contributed by atoms with Crippen LogP contribution in [0, 0.1) is 0 Å². The molecule has 0 aliphatic heterocycles. The molecular weight excluding hydrogens is 320 g/mol. The van der Waals surface area contributed by atoms with E-state index in [2.05, 4.69) is 0 Å². The molecule has 142 valence electrons. The topological polar surface area (TPSA) is 83.8 Å². The van der Waals surface area contributed by atoms with Crippen LogP contribution in [0.3, 0.4) is 0 Å². The highest BCUT2D eigenvalue weighted by Gasteiger charge is 2.15. The lowest BCUT2D eigenvalue weighted by molar-refractivity contribution is -0.121. The van der Waals surface area contributed by atoms with Crippen molar-refractivity contribution in [1.82, 2.24) is 0 Å². The number of carbonyl (C=O) groups excluding carboxylic acids is 2. The lowest BCUT2D eigenvalue weighted by atomic mass is 10.1. The van der Waals surface area contributed by atoms with Crippen molar-refractivity contribution in [3.05, 3.63) is 36.5 Å². The molecule has 0 aromatic heterocycles. The van der Waals surface area contributed by atoms with Gasteiger partial charge in [0.15, 0.2) is 5.78 Å². The van der Waals surface area contributed by atoms with Gasteiger partial charge in [0.2, 0.25) is 0 Å². The first-order valence-corrected chi connectivity index (χ1v) is 8.89. The van der Waals surface area contributed by atoms with Crippen LogP contribution in [0.2, 0.25) is 0 Å². The molecule has 0 radical (unpaired) electrons. The summed E-state index contributed by atoms with van der Waals surface area (Å²) in [4.78, 5) is 23.5. The first kappa shape index (κ1) is 23.4. The van der Waals surface area contributed by atoms with Crippen LogP contribution in [0.25, 0.3) is 0 Å². The summed E-state index contributed by atoms with van der Waals surface area (Å²) >= 11 is 0. The minimum absolute atomic E-state index is 0.0294. The Morgan fingerprint density at radius 3 is 2.48 bits per heavy atom. The minimum Gasteiger partial charge on any atom is -0.396 e. The van der Waals surface area contributed by atoms with E-state index in [0.29, 0.717) is 25.7 Å². The van der Waals surface area contributed by atoms with Crippen molar-refractivity contribution in [1.29, 1.82) is 0 Å². The third-order valence-corrected chi connectivity index (χ3v) is 3.56. The summed E-state index contributed by atoms with van der Waals surface area (Å²) in [6.45, 7) is 3.95. The largest absolute Gasteiger partial charge is 0.396 e. The van der Waals surface area contributed by atoms with Gasteiger partial charge >= 0.3 is 0 Å². The van der Waals surface area contributed by atoms with Gasteiger partial charge < -0.3 is 14.9 Å². The van der Waals surface area contributed by atoms with Crippen molar-refractivity contribution < 1.29 is 24.5 Å². The maximum atomic E-state index is 11.8. The number of ketones is 2. The molecule has 0 aromatic rings. The second kappa shape index (κ2) is 15.9. The minimum atomic E-state index is -0.738. The summed E-state index contributed by atoms with van der Waals surface area (Å²) in [6, 6.07) is 0. The van der Waals surface area contributed by atoms with Crippen molar-refractivity contribution in [3.63, 3.8) is 0 Å². The van der Waals surface area contributed by atoms with Gasteiger partial charge in [-0.3, -0.25) is 9.59 Å². The fourth-order valence-corrected chi connectivity index (χ4v) is 2.20. The zero-order valence-corrected chi connectivity index (χ0v) is 15.4. The van der Waals surface area contributed by atoms with Crippen LogP contribution in [-0.4, -0.2) is 47.2 Å². The van der Waals surface area contributed by atoms with Gasteiger partial charge in [-0.25, -0.2) is 0 Å². The Morgan fingerprint density at radius 2 is 1.84 bits per heavy atom. The second-order valence-electron chi connectivity index (χ2n) is 5.85. The summed E-state index contributed by atoms with van der Waals surface area (Å²) in [6.07, 6.45) is 11.6. The third kappa shape index (κ3) is 14.5. The predicted molar refractivity (Wildman–Crippen MR) is 99.3 cm³/mol. The van der Waals surface area contributed by atoms with E-state index >= 15 is 0 Å². The summed E-state index contributed by atoms with van der Waals surface area (Å²) in [5, 5.41) is 19.0. The van der Waals surface area contributed by atoms with Crippen LogP contribution in [0.15, 0.2) is 36.5 Å². The highest BCUT2D eigenvalue weighted by Crippen LogP contribution is 2.09. The molecule has 0 saturated carbocycles. The average molecular weight is 352 g/mol. The molecule has 0 fully saturated rings. The first-order chi connectivity index (χ1) is 12.0. The Morgan fingerprint density at radius 1 is 1.08 bits per heavy atom. The van der Waals surface area contributed by atoms with E-state index < -0.39 is 6.10 Å². The number of allylic oxidation sites excluding steroid dienone is 6. The normalized spacial score (nSPS) is 14.6.